The van der Waals surface area contributed by atoms with E-state index in [2.05, 4.69) is 15.4 Å². The van der Waals surface area contributed by atoms with Crippen LogP contribution in [0.2, 0.25) is 10.0 Å². The largest absolute Gasteiger partial charge is 0.319 e. The quantitative estimate of drug-likeness (QED) is 0.426. The van der Waals surface area contributed by atoms with Crippen molar-refractivity contribution in [2.24, 2.45) is 0 Å². The molecule has 0 saturated heterocycles. The number of benzene rings is 3. The van der Waals surface area contributed by atoms with E-state index >= 15 is 0 Å². The molecular formula is C22H15Cl2FN4O. The predicted octanol–water partition coefficient (Wildman–Crippen LogP) is 5.94. The average Bonchev–Trinajstić information content (AvgIpc) is 3.18. The Morgan fingerprint density at radius 1 is 0.967 bits per heavy atom. The van der Waals surface area contributed by atoms with Crippen LogP contribution in [0, 0.1) is 12.7 Å². The zero-order valence-corrected chi connectivity index (χ0v) is 17.2. The van der Waals surface area contributed by atoms with E-state index in [0.29, 0.717) is 27.2 Å². The average molecular weight is 441 g/mol. The number of halogens is 3. The lowest BCUT2D eigenvalue weighted by Crippen LogP contribution is -2.14. The molecule has 4 aromatic rings. The van der Waals surface area contributed by atoms with Crippen molar-refractivity contribution in [1.82, 2.24) is 14.8 Å². The van der Waals surface area contributed by atoms with Gasteiger partial charge in [-0.15, -0.1) is 5.10 Å². The van der Waals surface area contributed by atoms with Gasteiger partial charge in [-0.25, -0.2) is 14.1 Å². The molecule has 1 N–H and O–H groups in total. The third-order valence-corrected chi connectivity index (χ3v) is 5.11. The molecule has 1 aromatic heterocycles. The highest BCUT2D eigenvalue weighted by Crippen LogP contribution is 2.27. The van der Waals surface area contributed by atoms with Crippen LogP contribution in [0.1, 0.15) is 16.2 Å². The van der Waals surface area contributed by atoms with Gasteiger partial charge in [-0.05, 0) is 49.4 Å². The first-order valence-corrected chi connectivity index (χ1v) is 9.73. The molecule has 30 heavy (non-hydrogen) atoms. The summed E-state index contributed by atoms with van der Waals surface area (Å²) in [4.78, 5) is 17.2. The Labute approximate surface area is 182 Å². The molecule has 1 heterocycles. The van der Waals surface area contributed by atoms with Gasteiger partial charge in [0.1, 0.15) is 5.82 Å². The lowest BCUT2D eigenvalue weighted by Gasteiger charge is -2.07. The topological polar surface area (TPSA) is 59.8 Å². The number of anilines is 1. The van der Waals surface area contributed by atoms with Crippen LogP contribution in [0.4, 0.5) is 10.1 Å². The molecule has 8 heteroatoms. The molecule has 0 saturated carbocycles. The van der Waals surface area contributed by atoms with Gasteiger partial charge >= 0.3 is 0 Å². The Balaban J connectivity index is 1.76. The van der Waals surface area contributed by atoms with Crippen LogP contribution in [0.15, 0.2) is 66.7 Å². The van der Waals surface area contributed by atoms with E-state index in [-0.39, 0.29) is 5.82 Å². The van der Waals surface area contributed by atoms with Crippen molar-refractivity contribution in [3.8, 4) is 17.1 Å². The van der Waals surface area contributed by atoms with Crippen molar-refractivity contribution in [2.45, 2.75) is 6.92 Å². The first-order valence-electron chi connectivity index (χ1n) is 8.97. The van der Waals surface area contributed by atoms with Crippen LogP contribution < -0.4 is 5.32 Å². The third-order valence-electron chi connectivity index (χ3n) is 4.37. The number of hydrogen-bond acceptors (Lipinski definition) is 3. The van der Waals surface area contributed by atoms with Crippen molar-refractivity contribution in [2.75, 3.05) is 5.32 Å². The molecule has 0 aliphatic carbocycles. The van der Waals surface area contributed by atoms with E-state index in [1.807, 2.05) is 31.2 Å². The fourth-order valence-corrected chi connectivity index (χ4v) is 3.11. The molecule has 0 spiro atoms. The van der Waals surface area contributed by atoms with Gasteiger partial charge in [0.2, 0.25) is 5.82 Å². The maximum absolute atomic E-state index is 13.1. The number of carbonyl (C=O) groups excluding carboxylic acids is 1. The number of nitrogens with zero attached hydrogens (tertiary/aromatic N) is 3. The van der Waals surface area contributed by atoms with Gasteiger partial charge in [-0.2, -0.15) is 0 Å². The Kier molecular flexibility index (Phi) is 5.53. The van der Waals surface area contributed by atoms with Gasteiger partial charge in [-0.1, -0.05) is 53.0 Å². The third kappa shape index (κ3) is 4.20. The molecule has 4 rings (SSSR count). The van der Waals surface area contributed by atoms with Crippen LogP contribution >= 0.6 is 23.2 Å². The summed E-state index contributed by atoms with van der Waals surface area (Å²) in [5.41, 5.74) is 2.91. The Morgan fingerprint density at radius 3 is 2.33 bits per heavy atom. The Hall–Kier alpha value is -3.22. The number of hydrogen-bond donors (Lipinski definition) is 1. The minimum atomic E-state index is -0.520. The molecule has 1 amide bonds. The minimum absolute atomic E-state index is 0.0408. The maximum atomic E-state index is 13.1. The summed E-state index contributed by atoms with van der Waals surface area (Å²) >= 11 is 12.2. The highest BCUT2D eigenvalue weighted by molar-refractivity contribution is 6.42. The van der Waals surface area contributed by atoms with Gasteiger partial charge in [0.25, 0.3) is 5.91 Å². The summed E-state index contributed by atoms with van der Waals surface area (Å²) in [5.74, 6) is -0.482. The monoisotopic (exact) mass is 440 g/mol. The zero-order valence-electron chi connectivity index (χ0n) is 15.7. The fourth-order valence-electron chi connectivity index (χ4n) is 2.81. The summed E-state index contributed by atoms with van der Waals surface area (Å²) < 4.78 is 14.6. The molecule has 0 fully saturated rings. The molecule has 3 aromatic carbocycles. The predicted molar refractivity (Wildman–Crippen MR) is 116 cm³/mol. The van der Waals surface area contributed by atoms with E-state index in [0.717, 1.165) is 11.1 Å². The molecule has 0 bridgehead atoms. The summed E-state index contributed by atoms with van der Waals surface area (Å²) in [6.07, 6.45) is 0. The van der Waals surface area contributed by atoms with Gasteiger partial charge in [0.15, 0.2) is 5.82 Å². The summed E-state index contributed by atoms with van der Waals surface area (Å²) in [6, 6.07) is 18.2. The second kappa shape index (κ2) is 8.26. The molecule has 0 atom stereocenters. The highest BCUT2D eigenvalue weighted by Gasteiger charge is 2.19. The van der Waals surface area contributed by atoms with Crippen LogP contribution in [0.3, 0.4) is 0 Å². The minimum Gasteiger partial charge on any atom is -0.319 e. The van der Waals surface area contributed by atoms with Gasteiger partial charge in [0, 0.05) is 11.3 Å². The van der Waals surface area contributed by atoms with Crippen molar-refractivity contribution in [1.29, 1.82) is 0 Å². The zero-order chi connectivity index (χ0) is 21.3. The van der Waals surface area contributed by atoms with Crippen LogP contribution in [0.5, 0.6) is 0 Å². The van der Waals surface area contributed by atoms with Crippen LogP contribution in [-0.4, -0.2) is 20.7 Å². The fraction of sp³-hybridized carbons (Fsp3) is 0.0455. The Bertz CT molecular complexity index is 1220. The van der Waals surface area contributed by atoms with E-state index in [1.165, 1.54) is 28.9 Å². The van der Waals surface area contributed by atoms with Gasteiger partial charge in [-0.3, -0.25) is 4.79 Å². The Morgan fingerprint density at radius 2 is 1.67 bits per heavy atom. The first-order chi connectivity index (χ1) is 14.4. The van der Waals surface area contributed by atoms with Crippen LogP contribution in [-0.2, 0) is 0 Å². The first kappa shape index (κ1) is 20.1. The molecule has 0 aliphatic heterocycles. The summed E-state index contributed by atoms with van der Waals surface area (Å²) in [6.45, 7) is 1.98. The van der Waals surface area contributed by atoms with Crippen LogP contribution in [0.25, 0.3) is 17.1 Å². The summed E-state index contributed by atoms with van der Waals surface area (Å²) in [5, 5.41) is 7.82. The highest BCUT2D eigenvalue weighted by atomic mass is 35.5. The number of amides is 1. The lowest BCUT2D eigenvalue weighted by atomic mass is 10.1. The molecular weight excluding hydrogens is 426 g/mol. The van der Waals surface area contributed by atoms with Crippen molar-refractivity contribution < 1.29 is 9.18 Å². The summed E-state index contributed by atoms with van der Waals surface area (Å²) in [7, 11) is 0. The molecule has 0 unspecified atom stereocenters. The molecule has 0 radical (unpaired) electrons. The smallest absolute Gasteiger partial charge is 0.295 e. The van der Waals surface area contributed by atoms with E-state index < -0.39 is 11.7 Å². The van der Waals surface area contributed by atoms with E-state index in [1.54, 1.807) is 18.2 Å². The van der Waals surface area contributed by atoms with Crippen molar-refractivity contribution in [3.63, 3.8) is 0 Å². The van der Waals surface area contributed by atoms with Gasteiger partial charge in [0.05, 0.1) is 15.7 Å². The van der Waals surface area contributed by atoms with E-state index in [9.17, 15) is 9.18 Å². The van der Waals surface area contributed by atoms with Gasteiger partial charge < -0.3 is 5.32 Å². The normalized spacial score (nSPS) is 10.8. The SMILES string of the molecule is Cc1ccc(-c2nc(C(=O)Nc3ccc(F)cc3)nn2-c2ccc(Cl)c(Cl)c2)cc1. The number of rotatable bonds is 4. The molecule has 0 aliphatic rings. The number of nitrogens with one attached hydrogen (secondary N) is 1. The lowest BCUT2D eigenvalue weighted by molar-refractivity contribution is 0.101. The molecule has 5 nitrogen and oxygen atoms in total. The number of aryl methyl sites for hydroxylation is 1. The second-order valence-electron chi connectivity index (χ2n) is 6.60. The second-order valence-corrected chi connectivity index (χ2v) is 7.41. The standard InChI is InChI=1S/C22H15Cl2FN4O/c1-13-2-4-14(5-3-13)21-27-20(22(30)26-16-8-6-15(25)7-9-16)28-29(21)17-10-11-18(23)19(24)12-17/h2-12H,1H3,(H,26,30). The van der Waals surface area contributed by atoms with Crippen molar-refractivity contribution in [3.05, 3.63) is 94.0 Å². The number of aromatic nitrogens is 3. The molecule has 150 valence electrons. The number of carbonyl (C=O) groups is 1. The van der Waals surface area contributed by atoms with E-state index in [4.69, 9.17) is 23.2 Å². The van der Waals surface area contributed by atoms with Crippen molar-refractivity contribution >= 4 is 34.8 Å². The maximum Gasteiger partial charge on any atom is 0.295 e.